The molecule has 0 bridgehead atoms. The summed E-state index contributed by atoms with van der Waals surface area (Å²) in [6.45, 7) is 6.60. The summed E-state index contributed by atoms with van der Waals surface area (Å²) in [5, 5.41) is 6.49. The maximum atomic E-state index is 10.9. The number of nitrogens with zero attached hydrogens (tertiary/aromatic N) is 1. The van der Waals surface area contributed by atoms with Crippen LogP contribution in [0.3, 0.4) is 0 Å². The number of rotatable bonds is 2. The van der Waals surface area contributed by atoms with Gasteiger partial charge in [0.05, 0.1) is 5.69 Å². The van der Waals surface area contributed by atoms with E-state index >= 15 is 0 Å². The summed E-state index contributed by atoms with van der Waals surface area (Å²) in [5.74, 6) is 0. The zero-order chi connectivity index (χ0) is 13.2. The van der Waals surface area contributed by atoms with Crippen molar-refractivity contribution in [3.8, 4) is 0 Å². The van der Waals surface area contributed by atoms with Crippen molar-refractivity contribution >= 4 is 0 Å². The molecule has 1 heterocycles. The summed E-state index contributed by atoms with van der Waals surface area (Å²) >= 11 is 0. The Kier molecular flexibility index (Phi) is 3.32. The Hall–Kier alpha value is -1.90. The third-order valence-corrected chi connectivity index (χ3v) is 2.92. The Labute approximate surface area is 107 Å². The van der Waals surface area contributed by atoms with E-state index < -0.39 is 0 Å². The van der Waals surface area contributed by atoms with E-state index in [1.165, 1.54) is 17.2 Å². The largest absolute Gasteiger partial charge is 0.268 e. The number of hydrogen-bond donors (Lipinski definition) is 1. The first kappa shape index (κ1) is 12.6. The molecule has 0 aliphatic heterocycles. The topological polar surface area (TPSA) is 45.8 Å². The molecular weight excluding hydrogens is 224 g/mol. The van der Waals surface area contributed by atoms with E-state index in [4.69, 9.17) is 0 Å². The van der Waals surface area contributed by atoms with Gasteiger partial charge in [-0.1, -0.05) is 45.0 Å². The predicted octanol–water partition coefficient (Wildman–Crippen LogP) is 2.66. The van der Waals surface area contributed by atoms with Gasteiger partial charge in [-0.05, 0) is 22.6 Å². The van der Waals surface area contributed by atoms with Gasteiger partial charge in [0.15, 0.2) is 0 Å². The molecule has 1 N–H and O–H groups in total. The van der Waals surface area contributed by atoms with E-state index in [0.29, 0.717) is 0 Å². The molecule has 18 heavy (non-hydrogen) atoms. The fraction of sp³-hybridized carbons (Fsp3) is 0.333. The highest BCUT2D eigenvalue weighted by atomic mass is 16.1. The van der Waals surface area contributed by atoms with Crippen LogP contribution in [-0.2, 0) is 11.8 Å². The molecule has 1 aromatic heterocycles. The third-order valence-electron chi connectivity index (χ3n) is 2.92. The standard InChI is InChI=1S/C15H18N2O/c1-15(2,3)12-6-4-5-11(9-12)10-13-7-8-14(18)17-16-13/h4-9H,10H2,1-3H3,(H,17,18). The van der Waals surface area contributed by atoms with Crippen LogP contribution in [0.4, 0.5) is 0 Å². The Morgan fingerprint density at radius 2 is 1.94 bits per heavy atom. The normalized spacial score (nSPS) is 11.5. The lowest BCUT2D eigenvalue weighted by Crippen LogP contribution is -2.11. The number of aromatic amines is 1. The monoisotopic (exact) mass is 242 g/mol. The minimum absolute atomic E-state index is 0.147. The maximum Gasteiger partial charge on any atom is 0.264 e. The van der Waals surface area contributed by atoms with Crippen LogP contribution in [0.15, 0.2) is 41.2 Å². The fourth-order valence-corrected chi connectivity index (χ4v) is 1.83. The van der Waals surface area contributed by atoms with Crippen molar-refractivity contribution in [1.82, 2.24) is 10.2 Å². The summed E-state index contributed by atoms with van der Waals surface area (Å²) < 4.78 is 0. The van der Waals surface area contributed by atoms with Crippen LogP contribution < -0.4 is 5.56 Å². The molecular formula is C15H18N2O. The second-order valence-corrected chi connectivity index (χ2v) is 5.54. The molecule has 0 amide bonds. The second-order valence-electron chi connectivity index (χ2n) is 5.54. The van der Waals surface area contributed by atoms with E-state index in [2.05, 4.69) is 55.2 Å². The van der Waals surface area contributed by atoms with Gasteiger partial charge in [0.25, 0.3) is 5.56 Å². The molecule has 0 spiro atoms. The Balaban J connectivity index is 2.24. The average molecular weight is 242 g/mol. The van der Waals surface area contributed by atoms with Gasteiger partial charge in [-0.2, -0.15) is 5.10 Å². The first-order valence-electron chi connectivity index (χ1n) is 6.09. The number of H-pyrrole nitrogens is 1. The zero-order valence-corrected chi connectivity index (χ0v) is 11.0. The van der Waals surface area contributed by atoms with Gasteiger partial charge >= 0.3 is 0 Å². The number of benzene rings is 1. The SMILES string of the molecule is CC(C)(C)c1cccc(Cc2ccc(=O)[nH]n2)c1. The lowest BCUT2D eigenvalue weighted by molar-refractivity contribution is 0.589. The van der Waals surface area contributed by atoms with Gasteiger partial charge in [0, 0.05) is 12.5 Å². The van der Waals surface area contributed by atoms with Crippen LogP contribution in [0.25, 0.3) is 0 Å². The Bertz CT molecular complexity index is 573. The Morgan fingerprint density at radius 1 is 1.17 bits per heavy atom. The molecule has 3 heteroatoms. The van der Waals surface area contributed by atoms with Gasteiger partial charge in [0.2, 0.25) is 0 Å². The van der Waals surface area contributed by atoms with Crippen molar-refractivity contribution in [2.75, 3.05) is 0 Å². The molecule has 0 radical (unpaired) electrons. The van der Waals surface area contributed by atoms with Gasteiger partial charge in [-0.3, -0.25) is 4.79 Å². The van der Waals surface area contributed by atoms with E-state index in [1.54, 1.807) is 6.07 Å². The highest BCUT2D eigenvalue weighted by Crippen LogP contribution is 2.23. The molecule has 0 saturated heterocycles. The molecule has 2 rings (SSSR count). The van der Waals surface area contributed by atoms with Crippen molar-refractivity contribution in [2.45, 2.75) is 32.6 Å². The maximum absolute atomic E-state index is 10.9. The molecule has 1 aromatic carbocycles. The lowest BCUT2D eigenvalue weighted by atomic mass is 9.86. The van der Waals surface area contributed by atoms with Gasteiger partial charge in [-0.25, -0.2) is 5.10 Å². The summed E-state index contributed by atoms with van der Waals surface area (Å²) in [4.78, 5) is 10.9. The zero-order valence-electron chi connectivity index (χ0n) is 11.0. The average Bonchev–Trinajstić information content (AvgIpc) is 2.31. The van der Waals surface area contributed by atoms with Crippen LogP contribution >= 0.6 is 0 Å². The number of hydrogen-bond acceptors (Lipinski definition) is 2. The van der Waals surface area contributed by atoms with Gasteiger partial charge in [-0.15, -0.1) is 0 Å². The molecule has 0 saturated carbocycles. The molecule has 94 valence electrons. The van der Waals surface area contributed by atoms with Crippen LogP contribution in [0.2, 0.25) is 0 Å². The summed E-state index contributed by atoms with van der Waals surface area (Å²) in [7, 11) is 0. The Morgan fingerprint density at radius 3 is 2.56 bits per heavy atom. The smallest absolute Gasteiger partial charge is 0.264 e. The summed E-state index contributed by atoms with van der Waals surface area (Å²) in [6.07, 6.45) is 0.737. The minimum atomic E-state index is -0.165. The number of nitrogens with one attached hydrogen (secondary N) is 1. The highest BCUT2D eigenvalue weighted by molar-refractivity contribution is 5.30. The third kappa shape index (κ3) is 3.06. The minimum Gasteiger partial charge on any atom is -0.268 e. The molecule has 0 aliphatic carbocycles. The van der Waals surface area contributed by atoms with E-state index in [9.17, 15) is 4.79 Å². The van der Waals surface area contributed by atoms with Crippen molar-refractivity contribution in [3.63, 3.8) is 0 Å². The molecule has 0 atom stereocenters. The summed E-state index contributed by atoms with van der Waals surface area (Å²) in [5.41, 5.74) is 3.38. The van der Waals surface area contributed by atoms with Crippen LogP contribution in [-0.4, -0.2) is 10.2 Å². The highest BCUT2D eigenvalue weighted by Gasteiger charge is 2.13. The predicted molar refractivity (Wildman–Crippen MR) is 72.8 cm³/mol. The molecule has 0 fully saturated rings. The molecule has 0 aliphatic rings. The first-order valence-corrected chi connectivity index (χ1v) is 6.09. The van der Waals surface area contributed by atoms with Crippen molar-refractivity contribution in [1.29, 1.82) is 0 Å². The quantitative estimate of drug-likeness (QED) is 0.880. The van der Waals surface area contributed by atoms with Crippen molar-refractivity contribution < 1.29 is 0 Å². The first-order chi connectivity index (χ1) is 8.45. The molecule has 0 unspecified atom stereocenters. The van der Waals surface area contributed by atoms with Crippen LogP contribution in [0.1, 0.15) is 37.6 Å². The van der Waals surface area contributed by atoms with E-state index in [1.807, 2.05) is 0 Å². The summed E-state index contributed by atoms with van der Waals surface area (Å²) in [6, 6.07) is 11.8. The van der Waals surface area contributed by atoms with Crippen molar-refractivity contribution in [3.05, 3.63) is 63.6 Å². The second kappa shape index (κ2) is 4.77. The van der Waals surface area contributed by atoms with Crippen molar-refractivity contribution in [2.24, 2.45) is 0 Å². The van der Waals surface area contributed by atoms with Crippen LogP contribution in [0.5, 0.6) is 0 Å². The molecule has 3 nitrogen and oxygen atoms in total. The number of aromatic nitrogens is 2. The van der Waals surface area contributed by atoms with Gasteiger partial charge in [0.1, 0.15) is 0 Å². The lowest BCUT2D eigenvalue weighted by Gasteiger charge is -2.19. The van der Waals surface area contributed by atoms with E-state index in [-0.39, 0.29) is 11.0 Å². The van der Waals surface area contributed by atoms with Crippen LogP contribution in [0, 0.1) is 0 Å². The van der Waals surface area contributed by atoms with E-state index in [0.717, 1.165) is 12.1 Å². The van der Waals surface area contributed by atoms with Gasteiger partial charge < -0.3 is 0 Å². The fourth-order valence-electron chi connectivity index (χ4n) is 1.83. The molecule has 2 aromatic rings.